The Kier molecular flexibility index (Phi) is 2.04. The van der Waals surface area contributed by atoms with E-state index in [9.17, 15) is 13.0 Å². The van der Waals surface area contributed by atoms with Gasteiger partial charge in [-0.25, -0.2) is 0 Å². The normalized spacial score (nSPS) is 27.5. The molecule has 1 unspecified atom stereocenters. The fourth-order valence-electron chi connectivity index (χ4n) is 2.28. The van der Waals surface area contributed by atoms with Crippen LogP contribution in [0.25, 0.3) is 0 Å². The van der Waals surface area contributed by atoms with Gasteiger partial charge < -0.3 is 4.90 Å². The van der Waals surface area contributed by atoms with Crippen molar-refractivity contribution >= 4 is 37.9 Å². The molecule has 4 aliphatic rings. The number of hydrogen-bond acceptors (Lipinski definition) is 7. The van der Waals surface area contributed by atoms with E-state index in [2.05, 4.69) is 19.8 Å². The molecule has 3 aliphatic heterocycles. The van der Waals surface area contributed by atoms with Gasteiger partial charge in [0.25, 0.3) is 10.1 Å². The van der Waals surface area contributed by atoms with Gasteiger partial charge in [0.1, 0.15) is 0 Å². The first-order valence-corrected chi connectivity index (χ1v) is 7.99. The van der Waals surface area contributed by atoms with Gasteiger partial charge >= 0.3 is 0 Å². The third-order valence-corrected chi connectivity index (χ3v) is 5.63. The van der Waals surface area contributed by atoms with Gasteiger partial charge in [0.05, 0.1) is 27.8 Å². The smallest absolute Gasteiger partial charge is 0.291 e. The highest BCUT2D eigenvalue weighted by Crippen LogP contribution is 2.39. The molecular formula is C9H7N5O3S2. The van der Waals surface area contributed by atoms with Gasteiger partial charge in [-0.1, -0.05) is 0 Å². The molecule has 98 valence electrons. The van der Waals surface area contributed by atoms with Crippen LogP contribution in [-0.4, -0.2) is 41.5 Å². The number of rotatable bonds is 1. The van der Waals surface area contributed by atoms with Crippen LogP contribution in [0.15, 0.2) is 41.4 Å². The third-order valence-electron chi connectivity index (χ3n) is 3.09. The van der Waals surface area contributed by atoms with Crippen LogP contribution < -0.4 is 0 Å². The SMILES string of the molecule is O=S(=O)(O)C1=CC2=C3C(=NN=S2C2=NN=CCN23)C1. The molecule has 1 atom stereocenters. The second kappa shape index (κ2) is 3.46. The number of amidine groups is 1. The van der Waals surface area contributed by atoms with Crippen molar-refractivity contribution in [2.45, 2.75) is 6.42 Å². The van der Waals surface area contributed by atoms with Crippen molar-refractivity contribution in [2.75, 3.05) is 6.54 Å². The second-order valence-corrected chi connectivity index (χ2v) is 7.19. The summed E-state index contributed by atoms with van der Waals surface area (Å²) in [6.45, 7) is 0.574. The molecule has 0 fully saturated rings. The summed E-state index contributed by atoms with van der Waals surface area (Å²) < 4.78 is 35.9. The molecule has 0 aromatic carbocycles. The van der Waals surface area contributed by atoms with Crippen LogP contribution >= 0.6 is 0 Å². The van der Waals surface area contributed by atoms with Crippen LogP contribution in [0.3, 0.4) is 0 Å². The van der Waals surface area contributed by atoms with Crippen molar-refractivity contribution in [1.82, 2.24) is 4.90 Å². The van der Waals surface area contributed by atoms with E-state index >= 15 is 0 Å². The Bertz CT molecular complexity index is 800. The van der Waals surface area contributed by atoms with Crippen LogP contribution in [0.2, 0.25) is 0 Å². The molecule has 19 heavy (non-hydrogen) atoms. The van der Waals surface area contributed by atoms with Crippen molar-refractivity contribution in [2.24, 2.45) is 19.8 Å². The van der Waals surface area contributed by atoms with Gasteiger partial charge in [0.15, 0.2) is 0 Å². The molecule has 0 amide bonds. The van der Waals surface area contributed by atoms with Gasteiger partial charge in [-0.05, 0) is 6.08 Å². The molecule has 4 bridgehead atoms. The zero-order valence-electron chi connectivity index (χ0n) is 9.39. The summed E-state index contributed by atoms with van der Waals surface area (Å²) in [6, 6.07) is 0. The molecule has 10 heteroatoms. The minimum atomic E-state index is -4.20. The minimum Gasteiger partial charge on any atom is -0.310 e. The number of fused-ring (bicyclic) bond motifs is 2. The topological polar surface area (TPSA) is 107 Å². The first kappa shape index (κ1) is 11.2. The average Bonchev–Trinajstić information content (AvgIpc) is 2.57. The lowest BCUT2D eigenvalue weighted by atomic mass is 10.1. The van der Waals surface area contributed by atoms with E-state index in [0.29, 0.717) is 17.4 Å². The molecule has 1 aliphatic carbocycles. The van der Waals surface area contributed by atoms with Crippen molar-refractivity contribution in [3.8, 4) is 0 Å². The average molecular weight is 297 g/mol. The predicted molar refractivity (Wildman–Crippen MR) is 71.1 cm³/mol. The first-order chi connectivity index (χ1) is 9.05. The molecule has 0 aromatic heterocycles. The van der Waals surface area contributed by atoms with Gasteiger partial charge in [-0.15, -0.1) is 14.7 Å². The Labute approximate surface area is 110 Å². The minimum absolute atomic E-state index is 0.0428. The Morgan fingerprint density at radius 2 is 2.21 bits per heavy atom. The Hall–Kier alpha value is -1.65. The lowest BCUT2D eigenvalue weighted by Gasteiger charge is -2.23. The lowest BCUT2D eigenvalue weighted by molar-refractivity contribution is 0.490. The fourth-order valence-corrected chi connectivity index (χ4v) is 4.64. The van der Waals surface area contributed by atoms with Crippen molar-refractivity contribution in [3.63, 3.8) is 0 Å². The van der Waals surface area contributed by atoms with Crippen LogP contribution in [0.5, 0.6) is 0 Å². The van der Waals surface area contributed by atoms with E-state index in [1.165, 1.54) is 6.08 Å². The standard InChI is InChI=1S/C9H7N5O3S2/c15-19(16,17)5-3-6-8-7(4-5)18(13-11-6)9-12-10-1-2-14(8)9/h1,4H,2-3H2,(H,15,16,17). The summed E-state index contributed by atoms with van der Waals surface area (Å²) >= 11 is 0. The molecule has 1 N–H and O–H groups in total. The largest absolute Gasteiger partial charge is 0.310 e. The lowest BCUT2D eigenvalue weighted by Crippen LogP contribution is -2.33. The van der Waals surface area contributed by atoms with Crippen LogP contribution in [0, 0.1) is 0 Å². The highest BCUT2D eigenvalue weighted by Gasteiger charge is 2.42. The van der Waals surface area contributed by atoms with Crippen LogP contribution in [0.4, 0.5) is 0 Å². The van der Waals surface area contributed by atoms with Crippen molar-refractivity contribution in [1.29, 1.82) is 0 Å². The van der Waals surface area contributed by atoms with E-state index in [0.717, 1.165) is 10.6 Å². The quantitative estimate of drug-likeness (QED) is 0.698. The molecule has 0 saturated heterocycles. The molecule has 0 saturated carbocycles. The molecule has 0 spiro atoms. The number of hydrogen-bond donors (Lipinski definition) is 1. The van der Waals surface area contributed by atoms with E-state index in [-0.39, 0.29) is 11.3 Å². The molecular weight excluding hydrogens is 290 g/mol. The number of nitrogens with zero attached hydrogens (tertiary/aromatic N) is 5. The fraction of sp³-hybridized carbons (Fsp3) is 0.222. The summed E-state index contributed by atoms with van der Waals surface area (Å²) in [5, 5.41) is 12.7. The van der Waals surface area contributed by atoms with Gasteiger partial charge in [0, 0.05) is 23.3 Å². The maximum absolute atomic E-state index is 11.3. The zero-order chi connectivity index (χ0) is 13.2. The Morgan fingerprint density at radius 3 is 3.00 bits per heavy atom. The predicted octanol–water partition coefficient (Wildman–Crippen LogP) is 0.216. The third kappa shape index (κ3) is 1.44. The Balaban J connectivity index is 1.95. The highest BCUT2D eigenvalue weighted by molar-refractivity contribution is 8.06. The zero-order valence-corrected chi connectivity index (χ0v) is 11.0. The van der Waals surface area contributed by atoms with Crippen LogP contribution in [-0.2, 0) is 20.8 Å². The van der Waals surface area contributed by atoms with E-state index in [1.807, 2.05) is 4.90 Å². The molecule has 4 rings (SSSR count). The number of allylic oxidation sites excluding steroid dienone is 3. The summed E-state index contributed by atoms with van der Waals surface area (Å²) in [5.41, 5.74) is 1.41. The summed E-state index contributed by atoms with van der Waals surface area (Å²) in [7, 11) is -4.93. The molecule has 0 aromatic rings. The highest BCUT2D eigenvalue weighted by atomic mass is 32.2. The molecule has 3 heterocycles. The van der Waals surface area contributed by atoms with Gasteiger partial charge in [-0.2, -0.15) is 13.5 Å². The van der Waals surface area contributed by atoms with E-state index in [4.69, 9.17) is 0 Å². The molecule has 0 radical (unpaired) electrons. The first-order valence-electron chi connectivity index (χ1n) is 5.37. The maximum Gasteiger partial charge on any atom is 0.291 e. The van der Waals surface area contributed by atoms with E-state index < -0.39 is 20.8 Å². The maximum atomic E-state index is 11.3. The summed E-state index contributed by atoms with van der Waals surface area (Å²) in [4.78, 5) is 2.64. The summed E-state index contributed by atoms with van der Waals surface area (Å²) in [6.07, 6.45) is 3.21. The summed E-state index contributed by atoms with van der Waals surface area (Å²) in [5.74, 6) is 0. The van der Waals surface area contributed by atoms with E-state index in [1.54, 1.807) is 6.21 Å². The Morgan fingerprint density at radius 1 is 1.37 bits per heavy atom. The monoisotopic (exact) mass is 297 g/mol. The second-order valence-electron chi connectivity index (χ2n) is 4.18. The molecule has 8 nitrogen and oxygen atoms in total. The van der Waals surface area contributed by atoms with Crippen molar-refractivity contribution < 1.29 is 13.0 Å². The van der Waals surface area contributed by atoms with Gasteiger partial charge in [-0.3, -0.25) is 4.55 Å². The van der Waals surface area contributed by atoms with Crippen molar-refractivity contribution in [3.05, 3.63) is 21.6 Å². The van der Waals surface area contributed by atoms with Gasteiger partial charge in [0.2, 0.25) is 5.17 Å². The van der Waals surface area contributed by atoms with Crippen LogP contribution in [0.1, 0.15) is 6.42 Å².